The molecule has 0 bridgehead atoms. The highest BCUT2D eigenvalue weighted by Crippen LogP contribution is 2.30. The van der Waals surface area contributed by atoms with Crippen LogP contribution in [0.4, 0.5) is 10.8 Å². The highest BCUT2D eigenvalue weighted by atomic mass is 79.9. The molecule has 28 heavy (non-hydrogen) atoms. The molecule has 0 aliphatic carbocycles. The van der Waals surface area contributed by atoms with Gasteiger partial charge in [-0.2, -0.15) is 0 Å². The molecular formula is C20H17BrN2O4S. The number of thiazole rings is 1. The van der Waals surface area contributed by atoms with Crippen molar-refractivity contribution in [2.75, 3.05) is 12.0 Å². The van der Waals surface area contributed by atoms with Gasteiger partial charge >= 0.3 is 5.97 Å². The monoisotopic (exact) mass is 460 g/mol. The Morgan fingerprint density at radius 3 is 2.57 bits per heavy atom. The molecule has 8 heteroatoms. The van der Waals surface area contributed by atoms with Gasteiger partial charge in [0.1, 0.15) is 12.4 Å². The SMILES string of the molecule is COC(=O)c1ccc(OCc2csc(N(C(C)=O)c3ccccc3)n2)c(Br)c1. The number of ether oxygens (including phenoxy) is 2. The average molecular weight is 461 g/mol. The van der Waals surface area contributed by atoms with E-state index in [0.717, 1.165) is 5.69 Å². The smallest absolute Gasteiger partial charge is 0.337 e. The summed E-state index contributed by atoms with van der Waals surface area (Å²) in [6, 6.07) is 14.3. The zero-order chi connectivity index (χ0) is 20.1. The molecule has 0 atom stereocenters. The van der Waals surface area contributed by atoms with Crippen molar-refractivity contribution in [2.45, 2.75) is 13.5 Å². The number of para-hydroxylation sites is 1. The second kappa shape index (κ2) is 8.99. The molecule has 0 N–H and O–H groups in total. The van der Waals surface area contributed by atoms with Gasteiger partial charge in [0.25, 0.3) is 0 Å². The molecule has 3 aromatic rings. The number of nitrogens with zero attached hydrogens (tertiary/aromatic N) is 2. The van der Waals surface area contributed by atoms with E-state index in [9.17, 15) is 9.59 Å². The van der Waals surface area contributed by atoms with E-state index in [1.165, 1.54) is 25.4 Å². The van der Waals surface area contributed by atoms with E-state index >= 15 is 0 Å². The van der Waals surface area contributed by atoms with Gasteiger partial charge in [0, 0.05) is 12.3 Å². The van der Waals surface area contributed by atoms with Gasteiger partial charge in [0.2, 0.25) is 5.91 Å². The summed E-state index contributed by atoms with van der Waals surface area (Å²) >= 11 is 4.76. The lowest BCUT2D eigenvalue weighted by molar-refractivity contribution is -0.115. The number of hydrogen-bond acceptors (Lipinski definition) is 6. The van der Waals surface area contributed by atoms with Crippen molar-refractivity contribution < 1.29 is 19.1 Å². The molecule has 0 unspecified atom stereocenters. The molecule has 0 radical (unpaired) electrons. The van der Waals surface area contributed by atoms with Crippen molar-refractivity contribution in [1.29, 1.82) is 0 Å². The fraction of sp³-hybridized carbons (Fsp3) is 0.150. The molecule has 0 saturated heterocycles. The number of benzene rings is 2. The van der Waals surface area contributed by atoms with Gasteiger partial charge in [-0.1, -0.05) is 18.2 Å². The van der Waals surface area contributed by atoms with Crippen molar-refractivity contribution in [3.8, 4) is 5.75 Å². The van der Waals surface area contributed by atoms with Crippen LogP contribution in [-0.4, -0.2) is 24.0 Å². The van der Waals surface area contributed by atoms with Crippen molar-refractivity contribution in [3.63, 3.8) is 0 Å². The fourth-order valence-corrected chi connectivity index (χ4v) is 3.85. The summed E-state index contributed by atoms with van der Waals surface area (Å²) in [5, 5.41) is 2.43. The second-order valence-electron chi connectivity index (χ2n) is 5.74. The molecule has 0 aliphatic rings. The lowest BCUT2D eigenvalue weighted by Crippen LogP contribution is -2.22. The van der Waals surface area contributed by atoms with E-state index < -0.39 is 5.97 Å². The Hall–Kier alpha value is -2.71. The van der Waals surface area contributed by atoms with Crippen molar-refractivity contribution in [3.05, 3.63) is 69.6 Å². The maximum atomic E-state index is 12.1. The minimum absolute atomic E-state index is 0.117. The lowest BCUT2D eigenvalue weighted by atomic mass is 10.2. The molecule has 3 rings (SSSR count). The third kappa shape index (κ3) is 4.58. The lowest BCUT2D eigenvalue weighted by Gasteiger charge is -2.17. The topological polar surface area (TPSA) is 68.7 Å². The summed E-state index contributed by atoms with van der Waals surface area (Å²) in [5.74, 6) is 0.0458. The van der Waals surface area contributed by atoms with Crippen LogP contribution < -0.4 is 9.64 Å². The molecule has 1 amide bonds. The van der Waals surface area contributed by atoms with Crippen LogP contribution in [0.2, 0.25) is 0 Å². The van der Waals surface area contributed by atoms with Gasteiger partial charge in [-0.3, -0.25) is 9.69 Å². The zero-order valence-corrected chi connectivity index (χ0v) is 17.6. The molecule has 1 aromatic heterocycles. The van der Waals surface area contributed by atoms with E-state index in [0.29, 0.717) is 26.6 Å². The minimum Gasteiger partial charge on any atom is -0.486 e. The molecule has 0 spiro atoms. The normalized spacial score (nSPS) is 10.4. The molecule has 144 valence electrons. The number of carbonyl (C=O) groups excluding carboxylic acids is 2. The Kier molecular flexibility index (Phi) is 6.43. The van der Waals surface area contributed by atoms with Crippen molar-refractivity contribution in [1.82, 2.24) is 4.98 Å². The maximum absolute atomic E-state index is 12.1. The predicted octanol–water partition coefficient (Wildman–Crippen LogP) is 4.96. The Morgan fingerprint density at radius 1 is 1.18 bits per heavy atom. The molecule has 6 nitrogen and oxygen atoms in total. The Morgan fingerprint density at radius 2 is 1.93 bits per heavy atom. The van der Waals surface area contributed by atoms with Crippen molar-refractivity contribution in [2.24, 2.45) is 0 Å². The van der Waals surface area contributed by atoms with Gasteiger partial charge in [-0.05, 0) is 46.3 Å². The third-order valence-electron chi connectivity index (χ3n) is 3.79. The first-order valence-corrected chi connectivity index (χ1v) is 9.97. The van der Waals surface area contributed by atoms with E-state index in [4.69, 9.17) is 9.47 Å². The summed E-state index contributed by atoms with van der Waals surface area (Å²) in [6.07, 6.45) is 0. The number of carbonyl (C=O) groups is 2. The quantitative estimate of drug-likeness (QED) is 0.486. The van der Waals surface area contributed by atoms with Crippen LogP contribution >= 0.6 is 27.3 Å². The summed E-state index contributed by atoms with van der Waals surface area (Å²) in [7, 11) is 1.33. The molecule has 0 fully saturated rings. The number of rotatable bonds is 6. The Balaban J connectivity index is 1.73. The van der Waals surface area contributed by atoms with Crippen LogP contribution in [-0.2, 0) is 16.1 Å². The summed E-state index contributed by atoms with van der Waals surface area (Å²) in [6.45, 7) is 1.73. The number of aromatic nitrogens is 1. The van der Waals surface area contributed by atoms with Gasteiger partial charge in [-0.25, -0.2) is 9.78 Å². The third-order valence-corrected chi connectivity index (χ3v) is 5.28. The summed E-state index contributed by atoms with van der Waals surface area (Å²) < 4.78 is 11.1. The molecule has 1 heterocycles. The standard InChI is InChI=1S/C20H17BrN2O4S/c1-13(24)23(16-6-4-3-5-7-16)20-22-15(12-28-20)11-27-18-9-8-14(10-17(18)21)19(25)26-2/h3-10,12H,11H2,1-2H3. The van der Waals surface area contributed by atoms with Gasteiger partial charge in [-0.15, -0.1) is 11.3 Å². The number of amides is 1. The van der Waals surface area contributed by atoms with Crippen LogP contribution in [0.25, 0.3) is 0 Å². The van der Waals surface area contributed by atoms with Crippen LogP contribution in [0.5, 0.6) is 5.75 Å². The fourth-order valence-electron chi connectivity index (χ4n) is 2.48. The maximum Gasteiger partial charge on any atom is 0.337 e. The molecule has 2 aromatic carbocycles. The number of hydrogen-bond donors (Lipinski definition) is 0. The molecule has 0 aliphatic heterocycles. The van der Waals surface area contributed by atoms with Gasteiger partial charge in [0.15, 0.2) is 5.13 Å². The predicted molar refractivity (Wildman–Crippen MR) is 111 cm³/mol. The van der Waals surface area contributed by atoms with Crippen LogP contribution in [0.1, 0.15) is 23.0 Å². The highest BCUT2D eigenvalue weighted by Gasteiger charge is 2.18. The highest BCUT2D eigenvalue weighted by molar-refractivity contribution is 9.10. The first-order valence-electron chi connectivity index (χ1n) is 8.30. The average Bonchev–Trinajstić information content (AvgIpc) is 3.15. The first kappa shape index (κ1) is 20.0. The van der Waals surface area contributed by atoms with Gasteiger partial charge in [0.05, 0.1) is 28.5 Å². The van der Waals surface area contributed by atoms with Crippen molar-refractivity contribution >= 4 is 50.0 Å². The van der Waals surface area contributed by atoms with Crippen LogP contribution in [0.3, 0.4) is 0 Å². The summed E-state index contributed by atoms with van der Waals surface area (Å²) in [5.41, 5.74) is 1.89. The van der Waals surface area contributed by atoms with E-state index in [1.54, 1.807) is 23.1 Å². The Labute approximate surface area is 174 Å². The van der Waals surface area contributed by atoms with E-state index in [-0.39, 0.29) is 12.5 Å². The largest absolute Gasteiger partial charge is 0.486 e. The second-order valence-corrected chi connectivity index (χ2v) is 7.43. The molecule has 0 saturated carbocycles. The first-order chi connectivity index (χ1) is 13.5. The number of esters is 1. The van der Waals surface area contributed by atoms with E-state index in [1.807, 2.05) is 35.7 Å². The zero-order valence-electron chi connectivity index (χ0n) is 15.2. The number of halogens is 1. The van der Waals surface area contributed by atoms with Gasteiger partial charge < -0.3 is 9.47 Å². The van der Waals surface area contributed by atoms with Crippen LogP contribution in [0, 0.1) is 0 Å². The van der Waals surface area contributed by atoms with E-state index in [2.05, 4.69) is 20.9 Å². The molecular weight excluding hydrogens is 444 g/mol. The summed E-state index contributed by atoms with van der Waals surface area (Å²) in [4.78, 5) is 29.8. The minimum atomic E-state index is -0.415. The number of anilines is 2. The number of methoxy groups -OCH3 is 1. The van der Waals surface area contributed by atoms with Crippen LogP contribution in [0.15, 0.2) is 58.4 Å². The Bertz CT molecular complexity index is 991.